The zero-order valence-corrected chi connectivity index (χ0v) is 16.0. The first-order valence-corrected chi connectivity index (χ1v) is 8.76. The van der Waals surface area contributed by atoms with Crippen molar-refractivity contribution in [1.29, 1.82) is 0 Å². The summed E-state index contributed by atoms with van der Waals surface area (Å²) in [5.41, 5.74) is -2.70. The molecule has 1 aliphatic rings. The Balaban J connectivity index is 2.05. The van der Waals surface area contributed by atoms with E-state index in [9.17, 15) is 39.9 Å². The number of hydrogen-bond acceptors (Lipinski definition) is 9. The largest absolute Gasteiger partial charge is 0.496 e. The van der Waals surface area contributed by atoms with Gasteiger partial charge in [0.25, 0.3) is 28.9 Å². The molecule has 160 valence electrons. The van der Waals surface area contributed by atoms with Gasteiger partial charge >= 0.3 is 0 Å². The van der Waals surface area contributed by atoms with Gasteiger partial charge in [-0.15, -0.1) is 0 Å². The van der Waals surface area contributed by atoms with Crippen molar-refractivity contribution >= 4 is 45.3 Å². The average molecular weight is 438 g/mol. The Labute approximate surface area is 176 Å². The molecule has 0 bridgehead atoms. The van der Waals surface area contributed by atoms with E-state index >= 15 is 0 Å². The van der Waals surface area contributed by atoms with Gasteiger partial charge in [0.15, 0.2) is 0 Å². The number of amides is 2. The maximum atomic E-state index is 13.2. The summed E-state index contributed by atoms with van der Waals surface area (Å²) in [7, 11) is 1.27. The second kappa shape index (κ2) is 7.09. The van der Waals surface area contributed by atoms with E-state index < -0.39 is 49.3 Å². The van der Waals surface area contributed by atoms with Crippen LogP contribution in [0.3, 0.4) is 0 Å². The van der Waals surface area contributed by atoms with Crippen molar-refractivity contribution in [3.63, 3.8) is 0 Å². The molecule has 0 aromatic heterocycles. The first kappa shape index (κ1) is 20.3. The number of nitro groups is 3. The third-order valence-electron chi connectivity index (χ3n) is 4.93. The van der Waals surface area contributed by atoms with Crippen LogP contribution in [0.4, 0.5) is 22.7 Å². The summed E-state index contributed by atoms with van der Waals surface area (Å²) in [5.74, 6) is -2.00. The molecular formula is C19H10N4O9. The highest BCUT2D eigenvalue weighted by atomic mass is 16.6. The van der Waals surface area contributed by atoms with E-state index in [1.807, 2.05) is 0 Å². The number of carbonyl (C=O) groups excluding carboxylic acids is 2. The Morgan fingerprint density at radius 1 is 0.781 bits per heavy atom. The summed E-state index contributed by atoms with van der Waals surface area (Å²) >= 11 is 0. The van der Waals surface area contributed by atoms with Crippen molar-refractivity contribution in [2.24, 2.45) is 0 Å². The minimum atomic E-state index is -1.04. The summed E-state index contributed by atoms with van der Waals surface area (Å²) < 4.78 is 4.95. The molecule has 13 nitrogen and oxygen atoms in total. The molecule has 0 saturated heterocycles. The quantitative estimate of drug-likeness (QED) is 0.328. The Morgan fingerprint density at radius 3 is 1.75 bits per heavy atom. The van der Waals surface area contributed by atoms with E-state index in [1.54, 1.807) is 0 Å². The number of carbonyl (C=O) groups is 2. The molecule has 2 amide bonds. The summed E-state index contributed by atoms with van der Waals surface area (Å²) in [5, 5.41) is 34.2. The van der Waals surface area contributed by atoms with Gasteiger partial charge in [0, 0.05) is 29.7 Å². The molecular weight excluding hydrogens is 428 g/mol. The Hall–Kier alpha value is -4.94. The summed E-state index contributed by atoms with van der Waals surface area (Å²) in [6.07, 6.45) is 0. The molecule has 0 saturated carbocycles. The average Bonchev–Trinajstić information content (AvgIpc) is 2.76. The van der Waals surface area contributed by atoms with Crippen molar-refractivity contribution in [2.75, 3.05) is 12.0 Å². The van der Waals surface area contributed by atoms with Crippen LogP contribution in [0.25, 0.3) is 10.8 Å². The number of benzene rings is 3. The Morgan fingerprint density at radius 2 is 1.31 bits per heavy atom. The van der Waals surface area contributed by atoms with E-state index in [0.29, 0.717) is 4.90 Å². The number of anilines is 1. The molecule has 4 rings (SSSR count). The molecule has 0 N–H and O–H groups in total. The second-order valence-electron chi connectivity index (χ2n) is 6.66. The fourth-order valence-electron chi connectivity index (χ4n) is 3.55. The SMILES string of the molecule is COc1ccc(N2C(=O)c3cc([N+](=O)[O-])cc4cc([N+](=O)[O-])cc(c34)C2=O)c([N+](=O)[O-])c1. The van der Waals surface area contributed by atoms with Crippen LogP contribution in [-0.2, 0) is 0 Å². The van der Waals surface area contributed by atoms with Gasteiger partial charge < -0.3 is 4.74 Å². The fourth-order valence-corrected chi connectivity index (χ4v) is 3.55. The third kappa shape index (κ3) is 2.96. The van der Waals surface area contributed by atoms with Crippen molar-refractivity contribution in [2.45, 2.75) is 0 Å². The molecule has 0 atom stereocenters. The van der Waals surface area contributed by atoms with Crippen molar-refractivity contribution in [3.8, 4) is 5.75 Å². The molecule has 3 aromatic carbocycles. The molecule has 13 heteroatoms. The van der Waals surface area contributed by atoms with Crippen LogP contribution in [0.1, 0.15) is 20.7 Å². The monoisotopic (exact) mass is 438 g/mol. The zero-order chi connectivity index (χ0) is 23.3. The molecule has 3 aromatic rings. The molecule has 0 aliphatic carbocycles. The van der Waals surface area contributed by atoms with Gasteiger partial charge in [0.1, 0.15) is 11.4 Å². The molecule has 32 heavy (non-hydrogen) atoms. The lowest BCUT2D eigenvalue weighted by molar-refractivity contribution is -0.385. The smallest absolute Gasteiger partial charge is 0.297 e. The lowest BCUT2D eigenvalue weighted by Gasteiger charge is -2.26. The van der Waals surface area contributed by atoms with E-state index in [0.717, 1.165) is 36.4 Å². The van der Waals surface area contributed by atoms with Gasteiger partial charge in [-0.25, -0.2) is 4.90 Å². The molecule has 0 fully saturated rings. The number of non-ortho nitro benzene ring substituents is 2. The zero-order valence-electron chi connectivity index (χ0n) is 16.0. The van der Waals surface area contributed by atoms with Crippen LogP contribution in [0.2, 0.25) is 0 Å². The standard InChI is InChI=1S/C19H10N4O9/c1-32-12-2-3-15(16(8-12)23(30)31)20-18(24)13-6-10(21(26)27)4-9-5-11(22(28)29)7-14(17(9)13)19(20)25/h2-8H,1H3. The predicted molar refractivity (Wildman–Crippen MR) is 108 cm³/mol. The predicted octanol–water partition coefficient (Wildman–Crippen LogP) is 3.37. The third-order valence-corrected chi connectivity index (χ3v) is 4.93. The van der Waals surface area contributed by atoms with Gasteiger partial charge in [-0.3, -0.25) is 39.9 Å². The topological polar surface area (TPSA) is 176 Å². The highest BCUT2D eigenvalue weighted by Crippen LogP contribution is 2.40. The first-order chi connectivity index (χ1) is 15.1. The number of ether oxygens (including phenoxy) is 1. The lowest BCUT2D eigenvalue weighted by Crippen LogP contribution is -2.40. The summed E-state index contributed by atoms with van der Waals surface area (Å²) in [6.45, 7) is 0. The van der Waals surface area contributed by atoms with Crippen LogP contribution in [-0.4, -0.2) is 33.7 Å². The van der Waals surface area contributed by atoms with E-state index in [4.69, 9.17) is 4.74 Å². The van der Waals surface area contributed by atoms with Crippen LogP contribution in [0.5, 0.6) is 5.75 Å². The van der Waals surface area contributed by atoms with Crippen LogP contribution < -0.4 is 9.64 Å². The fraction of sp³-hybridized carbons (Fsp3) is 0.0526. The van der Waals surface area contributed by atoms with Crippen molar-refractivity contribution in [3.05, 3.63) is 83.9 Å². The van der Waals surface area contributed by atoms with Gasteiger partial charge in [-0.2, -0.15) is 0 Å². The minimum absolute atomic E-state index is 0.0105. The molecule has 0 radical (unpaired) electrons. The van der Waals surface area contributed by atoms with E-state index in [1.165, 1.54) is 13.2 Å². The number of rotatable bonds is 5. The number of methoxy groups -OCH3 is 1. The second-order valence-corrected chi connectivity index (χ2v) is 6.66. The normalized spacial score (nSPS) is 12.7. The maximum Gasteiger partial charge on any atom is 0.297 e. The van der Waals surface area contributed by atoms with Gasteiger partial charge in [0.2, 0.25) is 0 Å². The van der Waals surface area contributed by atoms with Crippen LogP contribution >= 0.6 is 0 Å². The van der Waals surface area contributed by atoms with Crippen LogP contribution in [0, 0.1) is 30.3 Å². The van der Waals surface area contributed by atoms with E-state index in [-0.39, 0.29) is 27.6 Å². The number of nitrogens with zero attached hydrogens (tertiary/aromatic N) is 4. The van der Waals surface area contributed by atoms with Gasteiger partial charge in [0.05, 0.1) is 39.1 Å². The summed E-state index contributed by atoms with van der Waals surface area (Å²) in [6, 6.07) is 7.28. The number of imide groups is 1. The summed E-state index contributed by atoms with van der Waals surface area (Å²) in [4.78, 5) is 58.8. The molecule has 0 spiro atoms. The first-order valence-electron chi connectivity index (χ1n) is 8.76. The number of nitro benzene ring substituents is 3. The number of hydrogen-bond donors (Lipinski definition) is 0. The maximum absolute atomic E-state index is 13.2. The Kier molecular flexibility index (Phi) is 4.50. The van der Waals surface area contributed by atoms with E-state index in [2.05, 4.69) is 0 Å². The van der Waals surface area contributed by atoms with Crippen molar-refractivity contribution in [1.82, 2.24) is 0 Å². The van der Waals surface area contributed by atoms with Crippen LogP contribution in [0.15, 0.2) is 42.5 Å². The van der Waals surface area contributed by atoms with Gasteiger partial charge in [-0.1, -0.05) is 0 Å². The molecule has 0 unspecified atom stereocenters. The minimum Gasteiger partial charge on any atom is -0.496 e. The highest BCUT2D eigenvalue weighted by Gasteiger charge is 2.39. The molecule has 1 heterocycles. The van der Waals surface area contributed by atoms with Crippen molar-refractivity contribution < 1.29 is 29.1 Å². The Bertz CT molecular complexity index is 1330. The highest BCUT2D eigenvalue weighted by molar-refractivity contribution is 6.36. The molecule has 1 aliphatic heterocycles. The van der Waals surface area contributed by atoms with Gasteiger partial charge in [-0.05, 0) is 17.5 Å². The lowest BCUT2D eigenvalue weighted by atomic mass is 9.92.